The van der Waals surface area contributed by atoms with E-state index in [0.29, 0.717) is 19.8 Å². The monoisotopic (exact) mass is 321 g/mol. The van der Waals surface area contributed by atoms with Gasteiger partial charge < -0.3 is 15.2 Å². The predicted molar refractivity (Wildman–Crippen MR) is 85.5 cm³/mol. The normalized spacial score (nSPS) is 13.8. The summed E-state index contributed by atoms with van der Waals surface area (Å²) in [5.74, 6) is 1.59. The second kappa shape index (κ2) is 6.60. The van der Waals surface area contributed by atoms with Gasteiger partial charge in [-0.15, -0.1) is 0 Å². The molecule has 0 saturated carbocycles. The lowest BCUT2D eigenvalue weighted by atomic mass is 10.2. The molecule has 0 bridgehead atoms. The first-order chi connectivity index (χ1) is 10.3. The summed E-state index contributed by atoms with van der Waals surface area (Å²) >= 11 is 7.89. The summed E-state index contributed by atoms with van der Waals surface area (Å²) in [6, 6.07) is 11.8. The lowest BCUT2D eigenvalue weighted by Crippen LogP contribution is -1.98. The van der Waals surface area contributed by atoms with Gasteiger partial charge in [-0.1, -0.05) is 35.5 Å². The zero-order valence-corrected chi connectivity index (χ0v) is 13.0. The Balaban J connectivity index is 1.90. The topological polar surface area (TPSA) is 44.5 Å². The maximum absolute atomic E-state index is 6.30. The van der Waals surface area contributed by atoms with Gasteiger partial charge in [0.15, 0.2) is 11.5 Å². The molecule has 0 atom stereocenters. The van der Waals surface area contributed by atoms with Crippen LogP contribution < -0.4 is 15.2 Å². The second-order valence-electron chi connectivity index (χ2n) is 4.69. The van der Waals surface area contributed by atoms with E-state index >= 15 is 0 Å². The third kappa shape index (κ3) is 3.28. The molecule has 0 fully saturated rings. The van der Waals surface area contributed by atoms with Crippen molar-refractivity contribution >= 4 is 23.4 Å². The maximum atomic E-state index is 6.30. The second-order valence-corrected chi connectivity index (χ2v) is 6.18. The molecule has 0 amide bonds. The highest BCUT2D eigenvalue weighted by Gasteiger charge is 2.13. The summed E-state index contributed by atoms with van der Waals surface area (Å²) in [7, 11) is 0. The van der Waals surface area contributed by atoms with Gasteiger partial charge in [-0.2, -0.15) is 0 Å². The van der Waals surface area contributed by atoms with Gasteiger partial charge >= 0.3 is 0 Å². The minimum absolute atomic E-state index is 0.466. The highest BCUT2D eigenvalue weighted by Crippen LogP contribution is 2.40. The third-order valence-electron chi connectivity index (χ3n) is 3.21. The summed E-state index contributed by atoms with van der Waals surface area (Å²) in [5, 5.41) is 0.718. The van der Waals surface area contributed by atoms with Crippen LogP contribution in [0.1, 0.15) is 12.0 Å². The molecule has 0 spiro atoms. The van der Waals surface area contributed by atoms with E-state index in [1.165, 1.54) is 0 Å². The smallest absolute Gasteiger partial charge is 0.162 e. The molecular formula is C16H16ClNO2S. The van der Waals surface area contributed by atoms with Crippen molar-refractivity contribution in [3.63, 3.8) is 0 Å². The molecule has 1 aliphatic rings. The van der Waals surface area contributed by atoms with Gasteiger partial charge in [0.1, 0.15) is 0 Å². The van der Waals surface area contributed by atoms with Crippen LogP contribution in [0.3, 0.4) is 0 Å². The molecule has 0 radical (unpaired) electrons. The third-order valence-corrected chi connectivity index (χ3v) is 4.81. The maximum Gasteiger partial charge on any atom is 0.162 e. The molecule has 21 heavy (non-hydrogen) atoms. The van der Waals surface area contributed by atoms with E-state index in [1.54, 1.807) is 11.8 Å². The van der Waals surface area contributed by atoms with Crippen molar-refractivity contribution in [1.82, 2.24) is 0 Å². The molecule has 0 aliphatic carbocycles. The number of halogens is 1. The molecule has 3 rings (SSSR count). The standard InChI is InChI=1S/C16H16ClNO2S/c17-13-4-1-3-11(10-18)16(13)21-12-5-6-14-15(9-12)20-8-2-7-19-14/h1,3-6,9H,2,7-8,10,18H2. The van der Waals surface area contributed by atoms with E-state index in [2.05, 4.69) is 0 Å². The number of hydrogen-bond donors (Lipinski definition) is 1. The molecule has 110 valence electrons. The molecule has 3 nitrogen and oxygen atoms in total. The number of benzene rings is 2. The molecule has 0 saturated heterocycles. The Morgan fingerprint density at radius 1 is 1.10 bits per heavy atom. The summed E-state index contributed by atoms with van der Waals surface area (Å²) in [6.07, 6.45) is 0.902. The Bertz CT molecular complexity index is 648. The van der Waals surface area contributed by atoms with Gasteiger partial charge in [-0.25, -0.2) is 0 Å². The first-order valence-corrected chi connectivity index (χ1v) is 8.02. The first-order valence-electron chi connectivity index (χ1n) is 6.83. The van der Waals surface area contributed by atoms with E-state index in [1.807, 2.05) is 36.4 Å². The fourth-order valence-electron chi connectivity index (χ4n) is 2.15. The number of rotatable bonds is 3. The molecule has 5 heteroatoms. The SMILES string of the molecule is NCc1cccc(Cl)c1Sc1ccc2c(c1)OCCCO2. The fourth-order valence-corrected chi connectivity index (χ4v) is 3.45. The number of fused-ring (bicyclic) bond motifs is 1. The summed E-state index contributed by atoms with van der Waals surface area (Å²) < 4.78 is 11.4. The van der Waals surface area contributed by atoms with Crippen molar-refractivity contribution < 1.29 is 9.47 Å². The van der Waals surface area contributed by atoms with Gasteiger partial charge in [-0.05, 0) is 29.8 Å². The Kier molecular flexibility index (Phi) is 4.58. The van der Waals surface area contributed by atoms with Crippen molar-refractivity contribution in [3.8, 4) is 11.5 Å². The van der Waals surface area contributed by atoms with Crippen LogP contribution in [0, 0.1) is 0 Å². The number of hydrogen-bond acceptors (Lipinski definition) is 4. The molecule has 2 N–H and O–H groups in total. The van der Waals surface area contributed by atoms with Crippen LogP contribution in [0.4, 0.5) is 0 Å². The van der Waals surface area contributed by atoms with Crippen LogP contribution in [0.5, 0.6) is 11.5 Å². The highest BCUT2D eigenvalue weighted by molar-refractivity contribution is 7.99. The number of ether oxygens (including phenoxy) is 2. The van der Waals surface area contributed by atoms with Crippen LogP contribution in [-0.4, -0.2) is 13.2 Å². The fraction of sp³-hybridized carbons (Fsp3) is 0.250. The Morgan fingerprint density at radius 3 is 2.71 bits per heavy atom. The van der Waals surface area contributed by atoms with Crippen molar-refractivity contribution in [1.29, 1.82) is 0 Å². The van der Waals surface area contributed by atoms with Crippen LogP contribution in [0.2, 0.25) is 5.02 Å². The average Bonchev–Trinajstić information content (AvgIpc) is 2.74. The van der Waals surface area contributed by atoms with Crippen LogP contribution >= 0.6 is 23.4 Å². The zero-order valence-electron chi connectivity index (χ0n) is 11.5. The van der Waals surface area contributed by atoms with Crippen molar-refractivity contribution in [2.24, 2.45) is 5.73 Å². The van der Waals surface area contributed by atoms with Crippen LogP contribution in [-0.2, 0) is 6.54 Å². The van der Waals surface area contributed by atoms with E-state index in [9.17, 15) is 0 Å². The lowest BCUT2D eigenvalue weighted by Gasteiger charge is -2.12. The number of nitrogens with two attached hydrogens (primary N) is 1. The summed E-state index contributed by atoms with van der Waals surface area (Å²) in [6.45, 7) is 1.84. The lowest BCUT2D eigenvalue weighted by molar-refractivity contribution is 0.297. The average molecular weight is 322 g/mol. The molecule has 1 heterocycles. The van der Waals surface area contributed by atoms with Gasteiger partial charge in [0.25, 0.3) is 0 Å². The molecule has 0 aromatic heterocycles. The van der Waals surface area contributed by atoms with Gasteiger partial charge in [0, 0.05) is 22.8 Å². The van der Waals surface area contributed by atoms with Crippen LogP contribution in [0.15, 0.2) is 46.2 Å². The van der Waals surface area contributed by atoms with E-state index in [-0.39, 0.29) is 0 Å². The first kappa shape index (κ1) is 14.6. The molecule has 1 aliphatic heterocycles. The minimum Gasteiger partial charge on any atom is -0.490 e. The zero-order chi connectivity index (χ0) is 14.7. The van der Waals surface area contributed by atoms with E-state index < -0.39 is 0 Å². The molecule has 0 unspecified atom stereocenters. The van der Waals surface area contributed by atoms with Gasteiger partial charge in [0.2, 0.25) is 0 Å². The van der Waals surface area contributed by atoms with E-state index in [4.69, 9.17) is 26.8 Å². The minimum atomic E-state index is 0.466. The van der Waals surface area contributed by atoms with Crippen LogP contribution in [0.25, 0.3) is 0 Å². The van der Waals surface area contributed by atoms with Crippen molar-refractivity contribution in [2.45, 2.75) is 22.8 Å². The molecule has 2 aromatic carbocycles. The van der Waals surface area contributed by atoms with Gasteiger partial charge in [0.05, 0.1) is 18.2 Å². The predicted octanol–water partition coefficient (Wildman–Crippen LogP) is 4.11. The molecule has 2 aromatic rings. The van der Waals surface area contributed by atoms with Gasteiger partial charge in [-0.3, -0.25) is 0 Å². The Morgan fingerprint density at radius 2 is 1.90 bits per heavy atom. The highest BCUT2D eigenvalue weighted by atomic mass is 35.5. The molecular weight excluding hydrogens is 306 g/mol. The van der Waals surface area contributed by atoms with Crippen molar-refractivity contribution in [3.05, 3.63) is 47.0 Å². The Labute approximate surface area is 133 Å². The Hall–Kier alpha value is -1.36. The quantitative estimate of drug-likeness (QED) is 0.924. The summed E-state index contributed by atoms with van der Waals surface area (Å²) in [4.78, 5) is 2.05. The largest absolute Gasteiger partial charge is 0.490 e. The van der Waals surface area contributed by atoms with Crippen molar-refractivity contribution in [2.75, 3.05) is 13.2 Å². The van der Waals surface area contributed by atoms with E-state index in [0.717, 1.165) is 38.3 Å². The summed E-state index contributed by atoms with van der Waals surface area (Å²) in [5.41, 5.74) is 6.83.